The maximum Gasteiger partial charge on any atom is 0.268 e. The number of thiophene rings is 1. The molecule has 0 aliphatic carbocycles. The molecule has 3 heterocycles. The van der Waals surface area contributed by atoms with Gasteiger partial charge in [0.25, 0.3) is 11.8 Å². The van der Waals surface area contributed by atoms with Crippen molar-refractivity contribution >= 4 is 45.8 Å². The molecule has 5 aromatic rings. The van der Waals surface area contributed by atoms with Crippen LogP contribution in [0.4, 0.5) is 11.6 Å². The molecule has 0 aliphatic rings. The van der Waals surface area contributed by atoms with Gasteiger partial charge in [-0.25, -0.2) is 4.98 Å². The first-order chi connectivity index (χ1) is 17.7. The van der Waals surface area contributed by atoms with Crippen molar-refractivity contribution in [2.45, 2.75) is 26.0 Å². The maximum absolute atomic E-state index is 13.1. The van der Waals surface area contributed by atoms with Crippen LogP contribution in [0.2, 0.25) is 0 Å². The van der Waals surface area contributed by atoms with Crippen molar-refractivity contribution in [1.29, 1.82) is 0 Å². The van der Waals surface area contributed by atoms with E-state index in [-0.39, 0.29) is 18.4 Å². The Bertz CT molecular complexity index is 1560. The Labute approximate surface area is 217 Å². The van der Waals surface area contributed by atoms with Crippen molar-refractivity contribution in [1.82, 2.24) is 19.7 Å². The van der Waals surface area contributed by atoms with Crippen LogP contribution in [0.25, 0.3) is 21.5 Å². The molecule has 3 N–H and O–H groups in total. The van der Waals surface area contributed by atoms with Gasteiger partial charge in [0.1, 0.15) is 0 Å². The Morgan fingerprint density at radius 3 is 2.62 bits per heavy atom. The Hall–Kier alpha value is -4.28. The van der Waals surface area contributed by atoms with E-state index in [1.54, 1.807) is 67.0 Å². The van der Waals surface area contributed by atoms with E-state index in [0.29, 0.717) is 27.6 Å². The zero-order valence-electron chi connectivity index (χ0n) is 20.6. The molecule has 2 aromatic carbocycles. The number of aromatic nitrogens is 4. The number of carbonyl (C=O) groups excluding carboxylic acids is 2. The van der Waals surface area contributed by atoms with Gasteiger partial charge in [0.05, 0.1) is 34.3 Å². The SMILES string of the molecule is CN(C(=O)c1ccccc1)c1ccc2c(c1)nc(NC(=O)c1ccc(-c3cn[nH]c3)s1)n2CC(C)(C)O. The first-order valence-electron chi connectivity index (χ1n) is 11.7. The molecule has 0 atom stereocenters. The number of carbonyl (C=O) groups is 2. The minimum Gasteiger partial charge on any atom is -0.389 e. The normalized spacial score (nSPS) is 11.6. The van der Waals surface area contributed by atoms with Crippen LogP contribution >= 0.6 is 11.3 Å². The summed E-state index contributed by atoms with van der Waals surface area (Å²) in [7, 11) is 1.71. The van der Waals surface area contributed by atoms with Crippen molar-refractivity contribution in [2.24, 2.45) is 0 Å². The number of nitrogens with one attached hydrogen (secondary N) is 2. The van der Waals surface area contributed by atoms with Gasteiger partial charge in [-0.2, -0.15) is 5.10 Å². The van der Waals surface area contributed by atoms with Gasteiger partial charge in [-0.3, -0.25) is 20.0 Å². The van der Waals surface area contributed by atoms with E-state index in [2.05, 4.69) is 20.5 Å². The number of benzene rings is 2. The molecule has 0 saturated carbocycles. The third-order valence-electron chi connectivity index (χ3n) is 5.83. The van der Waals surface area contributed by atoms with Gasteiger partial charge in [0, 0.05) is 34.9 Å². The van der Waals surface area contributed by atoms with Crippen molar-refractivity contribution in [3.63, 3.8) is 0 Å². The molecule has 0 aliphatic heterocycles. The molecular formula is C27H26N6O3S. The minimum atomic E-state index is -1.05. The van der Waals surface area contributed by atoms with Crippen LogP contribution < -0.4 is 10.2 Å². The standard InChI is InChI=1S/C27H26N6O3S/c1-27(2,36)16-33-21-10-9-19(32(3)25(35)17-7-5-4-6-8-17)13-20(21)30-26(33)31-24(34)23-12-11-22(37-23)18-14-28-29-15-18/h4-15,36H,16H2,1-3H3,(H,28,29)(H,30,31,34). The number of imidazole rings is 1. The molecule has 0 unspecified atom stereocenters. The summed E-state index contributed by atoms with van der Waals surface area (Å²) in [5.74, 6) is -0.131. The van der Waals surface area contributed by atoms with E-state index in [1.165, 1.54) is 11.3 Å². The molecule has 9 nitrogen and oxygen atoms in total. The average molecular weight is 515 g/mol. The summed E-state index contributed by atoms with van der Waals surface area (Å²) >= 11 is 1.35. The lowest BCUT2D eigenvalue weighted by Crippen LogP contribution is -2.27. The number of rotatable bonds is 7. The second kappa shape index (κ2) is 9.64. The van der Waals surface area contributed by atoms with Gasteiger partial charge < -0.3 is 14.6 Å². The molecule has 5 rings (SSSR count). The van der Waals surface area contributed by atoms with Crippen molar-refractivity contribution < 1.29 is 14.7 Å². The number of amides is 2. The zero-order chi connectivity index (χ0) is 26.2. The van der Waals surface area contributed by atoms with Crippen molar-refractivity contribution in [3.8, 4) is 10.4 Å². The topological polar surface area (TPSA) is 116 Å². The van der Waals surface area contributed by atoms with Crippen LogP contribution in [0.3, 0.4) is 0 Å². The largest absolute Gasteiger partial charge is 0.389 e. The fourth-order valence-corrected chi connectivity index (χ4v) is 4.91. The first-order valence-corrected chi connectivity index (χ1v) is 12.5. The van der Waals surface area contributed by atoms with Crippen LogP contribution in [0, 0.1) is 0 Å². The quantitative estimate of drug-likeness (QED) is 0.289. The van der Waals surface area contributed by atoms with Crippen LogP contribution in [-0.4, -0.2) is 49.3 Å². The van der Waals surface area contributed by atoms with Crippen LogP contribution in [0.1, 0.15) is 33.9 Å². The van der Waals surface area contributed by atoms with E-state index in [4.69, 9.17) is 0 Å². The second-order valence-electron chi connectivity index (χ2n) is 9.34. The summed E-state index contributed by atoms with van der Waals surface area (Å²) in [5.41, 5.74) is 2.41. The van der Waals surface area contributed by atoms with Gasteiger partial charge in [0.15, 0.2) is 0 Å². The molecule has 0 bridgehead atoms. The van der Waals surface area contributed by atoms with Gasteiger partial charge in [0.2, 0.25) is 5.95 Å². The summed E-state index contributed by atoms with van der Waals surface area (Å²) in [6.07, 6.45) is 3.47. The number of hydrogen-bond donors (Lipinski definition) is 3. The zero-order valence-corrected chi connectivity index (χ0v) is 21.4. The van der Waals surface area contributed by atoms with Crippen LogP contribution in [0.5, 0.6) is 0 Å². The monoisotopic (exact) mass is 514 g/mol. The summed E-state index contributed by atoms with van der Waals surface area (Å²) in [4.78, 5) is 33.7. The summed E-state index contributed by atoms with van der Waals surface area (Å²) in [6.45, 7) is 3.60. The highest BCUT2D eigenvalue weighted by atomic mass is 32.1. The average Bonchev–Trinajstić information content (AvgIpc) is 3.63. The molecule has 0 saturated heterocycles. The molecular weight excluding hydrogens is 488 g/mol. The summed E-state index contributed by atoms with van der Waals surface area (Å²) in [6, 6.07) is 18.1. The lowest BCUT2D eigenvalue weighted by atomic mass is 10.1. The summed E-state index contributed by atoms with van der Waals surface area (Å²) < 4.78 is 1.78. The fraction of sp³-hybridized carbons (Fsp3) is 0.185. The van der Waals surface area contributed by atoms with Crippen LogP contribution in [0.15, 0.2) is 73.1 Å². The van der Waals surface area contributed by atoms with Crippen LogP contribution in [-0.2, 0) is 6.54 Å². The van der Waals surface area contributed by atoms with Crippen molar-refractivity contribution in [2.75, 3.05) is 17.3 Å². The molecule has 0 radical (unpaired) electrons. The van der Waals surface area contributed by atoms with E-state index < -0.39 is 5.60 Å². The predicted molar refractivity (Wildman–Crippen MR) is 145 cm³/mol. The Balaban J connectivity index is 1.46. The third kappa shape index (κ3) is 5.16. The van der Waals surface area contributed by atoms with E-state index in [0.717, 1.165) is 16.0 Å². The van der Waals surface area contributed by atoms with Crippen molar-refractivity contribution in [3.05, 3.63) is 83.5 Å². The Morgan fingerprint density at radius 1 is 1.14 bits per heavy atom. The highest BCUT2D eigenvalue weighted by Gasteiger charge is 2.22. The molecule has 10 heteroatoms. The third-order valence-corrected chi connectivity index (χ3v) is 6.96. The van der Waals surface area contributed by atoms with E-state index >= 15 is 0 Å². The maximum atomic E-state index is 13.1. The molecule has 188 valence electrons. The number of H-pyrrole nitrogens is 1. The second-order valence-corrected chi connectivity index (χ2v) is 10.4. The number of nitrogens with zero attached hydrogens (tertiary/aromatic N) is 4. The Morgan fingerprint density at radius 2 is 1.92 bits per heavy atom. The number of fused-ring (bicyclic) bond motifs is 1. The smallest absolute Gasteiger partial charge is 0.268 e. The summed E-state index contributed by atoms with van der Waals surface area (Å²) in [5, 5.41) is 20.2. The number of anilines is 2. The van der Waals surface area contributed by atoms with E-state index in [1.807, 2.05) is 36.4 Å². The first kappa shape index (κ1) is 24.4. The van der Waals surface area contributed by atoms with Gasteiger partial charge in [-0.15, -0.1) is 11.3 Å². The number of hydrogen-bond acceptors (Lipinski definition) is 6. The lowest BCUT2D eigenvalue weighted by molar-refractivity contribution is 0.0630. The predicted octanol–water partition coefficient (Wildman–Crippen LogP) is 4.79. The highest BCUT2D eigenvalue weighted by molar-refractivity contribution is 7.17. The fourth-order valence-electron chi connectivity index (χ4n) is 4.02. The minimum absolute atomic E-state index is 0.143. The van der Waals surface area contributed by atoms with E-state index in [9.17, 15) is 14.7 Å². The highest BCUT2D eigenvalue weighted by Crippen LogP contribution is 2.30. The lowest BCUT2D eigenvalue weighted by Gasteiger charge is -2.20. The molecule has 0 fully saturated rings. The number of aromatic amines is 1. The Kier molecular flexibility index (Phi) is 6.36. The molecule has 2 amide bonds. The molecule has 3 aromatic heterocycles. The molecule has 0 spiro atoms. The van der Waals surface area contributed by atoms with Gasteiger partial charge in [-0.05, 0) is 56.3 Å². The van der Waals surface area contributed by atoms with Gasteiger partial charge >= 0.3 is 0 Å². The van der Waals surface area contributed by atoms with Gasteiger partial charge in [-0.1, -0.05) is 18.2 Å². The number of aliphatic hydroxyl groups is 1. The molecule has 37 heavy (non-hydrogen) atoms.